The molecule has 1 heterocycles. The van der Waals surface area contributed by atoms with Gasteiger partial charge in [-0.15, -0.1) is 0 Å². The maximum absolute atomic E-state index is 13.6. The molecular formula is C22H30ClFN4O. The van der Waals surface area contributed by atoms with Crippen LogP contribution in [0.1, 0.15) is 44.9 Å². The van der Waals surface area contributed by atoms with E-state index >= 15 is 0 Å². The highest BCUT2D eigenvalue weighted by Crippen LogP contribution is 2.28. The summed E-state index contributed by atoms with van der Waals surface area (Å²) >= 11 is 5.98. The molecule has 5 nitrogen and oxygen atoms in total. The van der Waals surface area contributed by atoms with Crippen LogP contribution in [0.5, 0.6) is 0 Å². The number of nitrogens with zero attached hydrogens (tertiary/aromatic N) is 3. The third-order valence-electron chi connectivity index (χ3n) is 6.11. The molecule has 0 spiro atoms. The largest absolute Gasteiger partial charge is 0.369 e. The number of carbonyl (C=O) groups excluding carboxylic acids is 1. The van der Waals surface area contributed by atoms with Gasteiger partial charge in [-0.2, -0.15) is 5.26 Å². The van der Waals surface area contributed by atoms with E-state index in [2.05, 4.69) is 15.1 Å². The lowest BCUT2D eigenvalue weighted by molar-refractivity contribution is -0.122. The zero-order chi connectivity index (χ0) is 20.6. The van der Waals surface area contributed by atoms with Crippen LogP contribution in [0, 0.1) is 23.1 Å². The summed E-state index contributed by atoms with van der Waals surface area (Å²) in [5.74, 6) is 0.446. The van der Waals surface area contributed by atoms with Crippen LogP contribution >= 0.6 is 11.6 Å². The molecule has 0 atom stereocenters. The van der Waals surface area contributed by atoms with E-state index in [1.807, 2.05) is 12.1 Å². The number of hydrogen-bond acceptors (Lipinski definition) is 4. The van der Waals surface area contributed by atoms with E-state index in [1.165, 1.54) is 12.5 Å². The Morgan fingerprint density at radius 2 is 1.90 bits per heavy atom. The topological polar surface area (TPSA) is 59.4 Å². The summed E-state index contributed by atoms with van der Waals surface area (Å²) < 4.78 is 13.6. The number of nitrogens with one attached hydrogen (secondary N) is 1. The third-order valence-corrected chi connectivity index (χ3v) is 6.33. The number of nitriles is 1. The van der Waals surface area contributed by atoms with Crippen molar-refractivity contribution >= 4 is 23.2 Å². The van der Waals surface area contributed by atoms with Crippen molar-refractivity contribution in [2.45, 2.75) is 51.0 Å². The smallest absolute Gasteiger partial charge is 0.221 e. The Hall–Kier alpha value is -1.84. The van der Waals surface area contributed by atoms with Crippen LogP contribution in [0.25, 0.3) is 0 Å². The Bertz CT molecular complexity index is 702. The maximum atomic E-state index is 13.6. The van der Waals surface area contributed by atoms with Crippen molar-refractivity contribution < 1.29 is 9.18 Å². The maximum Gasteiger partial charge on any atom is 0.221 e. The normalized spacial score (nSPS) is 22.9. The van der Waals surface area contributed by atoms with Crippen LogP contribution in [-0.2, 0) is 4.79 Å². The molecule has 0 unspecified atom stereocenters. The molecule has 7 heteroatoms. The average Bonchev–Trinajstić information content (AvgIpc) is 2.71. The van der Waals surface area contributed by atoms with E-state index < -0.39 is 0 Å². The van der Waals surface area contributed by atoms with Gasteiger partial charge in [-0.1, -0.05) is 11.6 Å². The molecule has 3 rings (SSSR count). The van der Waals surface area contributed by atoms with Gasteiger partial charge in [-0.25, -0.2) is 4.39 Å². The SMILES string of the molecule is N#CCCC(=O)N[C@H]1CC[C@H](CCN2CCN(c3cc(F)cc(Cl)c3)CC2)CC1. The molecule has 1 aliphatic heterocycles. The van der Waals surface area contributed by atoms with Crippen LogP contribution in [0.3, 0.4) is 0 Å². The van der Waals surface area contributed by atoms with Gasteiger partial charge < -0.3 is 10.2 Å². The second kappa shape index (κ2) is 10.8. The number of carbonyl (C=O) groups is 1. The van der Waals surface area contributed by atoms with Crippen molar-refractivity contribution in [1.82, 2.24) is 10.2 Å². The van der Waals surface area contributed by atoms with Crippen molar-refractivity contribution in [3.05, 3.63) is 29.0 Å². The van der Waals surface area contributed by atoms with Crippen LogP contribution < -0.4 is 10.2 Å². The highest BCUT2D eigenvalue weighted by molar-refractivity contribution is 6.30. The van der Waals surface area contributed by atoms with Crippen molar-refractivity contribution in [3.8, 4) is 6.07 Å². The number of anilines is 1. The lowest BCUT2D eigenvalue weighted by Crippen LogP contribution is -2.47. The minimum absolute atomic E-state index is 0.00690. The Balaban J connectivity index is 1.33. The van der Waals surface area contributed by atoms with Crippen molar-refractivity contribution in [3.63, 3.8) is 0 Å². The highest BCUT2D eigenvalue weighted by atomic mass is 35.5. The molecule has 1 aromatic rings. The lowest BCUT2D eigenvalue weighted by Gasteiger charge is -2.37. The Morgan fingerprint density at radius 1 is 1.17 bits per heavy atom. The van der Waals surface area contributed by atoms with Gasteiger partial charge in [0.05, 0.1) is 6.07 Å². The number of halogens is 2. The molecule has 2 fully saturated rings. The summed E-state index contributed by atoms with van der Waals surface area (Å²) in [4.78, 5) is 16.4. The summed E-state index contributed by atoms with van der Waals surface area (Å²) in [6.07, 6.45) is 6.19. The molecule has 1 amide bonds. The molecule has 2 aliphatic rings. The fourth-order valence-electron chi connectivity index (χ4n) is 4.38. The molecule has 0 radical (unpaired) electrons. The number of piperazine rings is 1. The van der Waals surface area contributed by atoms with Gasteiger partial charge in [-0.05, 0) is 62.8 Å². The molecule has 1 saturated heterocycles. The van der Waals surface area contributed by atoms with E-state index in [0.29, 0.717) is 17.9 Å². The van der Waals surface area contributed by atoms with E-state index in [4.69, 9.17) is 16.9 Å². The fourth-order valence-corrected chi connectivity index (χ4v) is 4.60. The van der Waals surface area contributed by atoms with Crippen LogP contribution in [0.4, 0.5) is 10.1 Å². The zero-order valence-electron chi connectivity index (χ0n) is 16.9. The van der Waals surface area contributed by atoms with E-state index in [9.17, 15) is 9.18 Å². The van der Waals surface area contributed by atoms with Gasteiger partial charge in [-0.3, -0.25) is 9.69 Å². The molecule has 1 N–H and O–H groups in total. The van der Waals surface area contributed by atoms with Crippen LogP contribution in [0.2, 0.25) is 5.02 Å². The second-order valence-corrected chi connectivity index (χ2v) is 8.62. The molecule has 1 aromatic carbocycles. The quantitative estimate of drug-likeness (QED) is 0.725. The fraction of sp³-hybridized carbons (Fsp3) is 0.636. The second-order valence-electron chi connectivity index (χ2n) is 8.19. The number of rotatable bonds is 7. The molecular weight excluding hydrogens is 391 g/mol. The van der Waals surface area contributed by atoms with E-state index in [0.717, 1.165) is 70.0 Å². The molecule has 0 bridgehead atoms. The Labute approximate surface area is 177 Å². The molecule has 29 heavy (non-hydrogen) atoms. The Kier molecular flexibility index (Phi) is 8.14. The minimum atomic E-state index is -0.285. The molecule has 0 aromatic heterocycles. The lowest BCUT2D eigenvalue weighted by atomic mass is 9.84. The molecule has 1 saturated carbocycles. The van der Waals surface area contributed by atoms with Gasteiger partial charge in [0.25, 0.3) is 0 Å². The summed E-state index contributed by atoms with van der Waals surface area (Å²) in [5, 5.41) is 12.1. The first-order valence-corrected chi connectivity index (χ1v) is 11.0. The summed E-state index contributed by atoms with van der Waals surface area (Å²) in [5.41, 5.74) is 0.866. The van der Waals surface area contributed by atoms with Crippen LogP contribution in [-0.4, -0.2) is 49.6 Å². The van der Waals surface area contributed by atoms with Crippen molar-refractivity contribution in [1.29, 1.82) is 5.26 Å². The third kappa shape index (κ3) is 6.87. The summed E-state index contributed by atoms with van der Waals surface area (Å²) in [6, 6.07) is 7.02. The Morgan fingerprint density at radius 3 is 2.55 bits per heavy atom. The van der Waals surface area contributed by atoms with E-state index in [-0.39, 0.29) is 17.8 Å². The predicted octanol–water partition coefficient (Wildman–Crippen LogP) is 3.97. The number of amides is 1. The van der Waals surface area contributed by atoms with E-state index in [1.54, 1.807) is 6.07 Å². The zero-order valence-corrected chi connectivity index (χ0v) is 17.6. The van der Waals surface area contributed by atoms with Crippen molar-refractivity contribution in [2.75, 3.05) is 37.6 Å². The average molecular weight is 421 g/mol. The first kappa shape index (κ1) is 21.9. The van der Waals surface area contributed by atoms with Gasteiger partial charge >= 0.3 is 0 Å². The molecule has 1 aliphatic carbocycles. The highest BCUT2D eigenvalue weighted by Gasteiger charge is 2.24. The number of hydrogen-bond donors (Lipinski definition) is 1. The van der Waals surface area contributed by atoms with Gasteiger partial charge in [0.2, 0.25) is 5.91 Å². The predicted molar refractivity (Wildman–Crippen MR) is 113 cm³/mol. The van der Waals surface area contributed by atoms with Gasteiger partial charge in [0.1, 0.15) is 5.82 Å². The first-order chi connectivity index (χ1) is 14.0. The summed E-state index contributed by atoms with van der Waals surface area (Å²) in [7, 11) is 0. The monoisotopic (exact) mass is 420 g/mol. The van der Waals surface area contributed by atoms with Gasteiger partial charge in [0, 0.05) is 55.8 Å². The molecule has 158 valence electrons. The minimum Gasteiger partial charge on any atom is -0.369 e. The van der Waals surface area contributed by atoms with Gasteiger partial charge in [0.15, 0.2) is 0 Å². The van der Waals surface area contributed by atoms with Crippen molar-refractivity contribution in [2.24, 2.45) is 5.92 Å². The van der Waals surface area contributed by atoms with Crippen LogP contribution in [0.15, 0.2) is 18.2 Å². The number of benzene rings is 1. The first-order valence-electron chi connectivity index (χ1n) is 10.6. The standard InChI is InChI=1S/C22H30ClFN4O/c23-18-14-19(24)16-21(15-18)28-12-10-27(11-13-28)9-7-17-3-5-20(6-4-17)26-22(29)2-1-8-25/h14-17,20H,1-7,9-13H2,(H,26,29)/t17-,20-. The summed E-state index contributed by atoms with van der Waals surface area (Å²) in [6.45, 7) is 4.85.